The molecule has 2 rings (SSSR count). The number of carbonyl (C=O) groups is 4. The molecule has 8 heteroatoms. The highest BCUT2D eigenvalue weighted by Gasteiger charge is 2.53. The van der Waals surface area contributed by atoms with Crippen LogP contribution in [0.2, 0.25) is 0 Å². The molecule has 8 nitrogen and oxygen atoms in total. The number of hydrogen-bond acceptors (Lipinski definition) is 5. The number of amides is 3. The number of nitrogens with zero attached hydrogens (tertiary/aromatic N) is 2. The van der Waals surface area contributed by atoms with Crippen molar-refractivity contribution in [1.82, 2.24) is 15.1 Å². The molecule has 1 aliphatic rings. The minimum atomic E-state index is -1.73. The lowest BCUT2D eigenvalue weighted by atomic mass is 9.89. The molecule has 1 saturated heterocycles. The Labute approximate surface area is 152 Å². The predicted octanol–water partition coefficient (Wildman–Crippen LogP) is -0.424. The number of benzene rings is 1. The van der Waals surface area contributed by atoms with Crippen LogP contribution in [0.15, 0.2) is 30.3 Å². The third-order valence-electron chi connectivity index (χ3n) is 4.65. The van der Waals surface area contributed by atoms with E-state index in [0.717, 1.165) is 5.56 Å². The zero-order valence-electron chi connectivity index (χ0n) is 15.1. The van der Waals surface area contributed by atoms with E-state index in [-0.39, 0.29) is 12.6 Å². The maximum atomic E-state index is 12.7. The van der Waals surface area contributed by atoms with Crippen molar-refractivity contribution in [1.29, 1.82) is 0 Å². The van der Waals surface area contributed by atoms with Gasteiger partial charge in [0.05, 0.1) is 13.2 Å². The van der Waals surface area contributed by atoms with E-state index in [9.17, 15) is 19.2 Å². The summed E-state index contributed by atoms with van der Waals surface area (Å²) in [4.78, 5) is 51.2. The second kappa shape index (κ2) is 7.99. The lowest BCUT2D eigenvalue weighted by Crippen LogP contribution is -2.72. The monoisotopic (exact) mass is 361 g/mol. The van der Waals surface area contributed by atoms with Crippen molar-refractivity contribution in [3.63, 3.8) is 0 Å². The molecular weight excluding hydrogens is 338 g/mol. The number of esters is 1. The molecule has 0 unspecified atom stereocenters. The van der Waals surface area contributed by atoms with E-state index in [2.05, 4.69) is 10.1 Å². The summed E-state index contributed by atoms with van der Waals surface area (Å²) in [5.74, 6) is -1.86. The Balaban J connectivity index is 2.28. The van der Waals surface area contributed by atoms with Crippen LogP contribution >= 0.6 is 0 Å². The molecule has 3 amide bonds. The van der Waals surface area contributed by atoms with Crippen LogP contribution < -0.4 is 5.32 Å². The molecule has 1 aliphatic heterocycles. The molecular formula is C18H23N3O5. The molecule has 140 valence electrons. The normalized spacial score (nSPS) is 22.7. The number of rotatable bonds is 6. The van der Waals surface area contributed by atoms with Crippen molar-refractivity contribution >= 4 is 24.2 Å². The number of nitrogens with one attached hydrogen (secondary N) is 1. The number of methoxy groups -OCH3 is 1. The van der Waals surface area contributed by atoms with Crippen molar-refractivity contribution in [2.24, 2.45) is 0 Å². The van der Waals surface area contributed by atoms with E-state index < -0.39 is 23.3 Å². The Morgan fingerprint density at radius 2 is 2.00 bits per heavy atom. The van der Waals surface area contributed by atoms with Crippen LogP contribution in [0.1, 0.15) is 12.5 Å². The summed E-state index contributed by atoms with van der Waals surface area (Å²) >= 11 is 0. The van der Waals surface area contributed by atoms with Gasteiger partial charge in [-0.2, -0.15) is 0 Å². The lowest BCUT2D eigenvalue weighted by molar-refractivity contribution is -0.165. The van der Waals surface area contributed by atoms with Crippen LogP contribution in [-0.2, 0) is 30.3 Å². The van der Waals surface area contributed by atoms with E-state index in [1.807, 2.05) is 30.3 Å². The van der Waals surface area contributed by atoms with Gasteiger partial charge in [0.1, 0.15) is 6.54 Å². The van der Waals surface area contributed by atoms with E-state index in [1.54, 1.807) is 7.05 Å². The summed E-state index contributed by atoms with van der Waals surface area (Å²) in [5.41, 5.74) is -0.744. The molecule has 26 heavy (non-hydrogen) atoms. The summed E-state index contributed by atoms with van der Waals surface area (Å²) in [6.07, 6.45) is 1.02. The number of piperazine rings is 1. The quantitative estimate of drug-likeness (QED) is 0.422. The molecule has 0 saturated carbocycles. The van der Waals surface area contributed by atoms with Crippen LogP contribution in [0.5, 0.6) is 0 Å². The molecule has 1 fully saturated rings. The second-order valence-corrected chi connectivity index (χ2v) is 6.37. The zero-order valence-corrected chi connectivity index (χ0v) is 15.1. The Bertz CT molecular complexity index is 693. The fourth-order valence-electron chi connectivity index (χ4n) is 3.19. The maximum Gasteiger partial charge on any atom is 0.325 e. The Morgan fingerprint density at radius 3 is 2.58 bits per heavy atom. The van der Waals surface area contributed by atoms with Crippen molar-refractivity contribution in [3.8, 4) is 0 Å². The zero-order chi connectivity index (χ0) is 19.3. The van der Waals surface area contributed by atoms with Crippen LogP contribution in [-0.4, -0.2) is 72.8 Å². The molecule has 0 radical (unpaired) electrons. The summed E-state index contributed by atoms with van der Waals surface area (Å²) in [7, 11) is 2.79. The van der Waals surface area contributed by atoms with Crippen molar-refractivity contribution in [3.05, 3.63) is 35.9 Å². The largest absolute Gasteiger partial charge is 0.468 e. The second-order valence-electron chi connectivity index (χ2n) is 6.37. The van der Waals surface area contributed by atoms with Crippen molar-refractivity contribution < 1.29 is 23.9 Å². The summed E-state index contributed by atoms with van der Waals surface area (Å²) in [6.45, 7) is 1.33. The van der Waals surface area contributed by atoms with Gasteiger partial charge in [-0.05, 0) is 18.9 Å². The first-order valence-electron chi connectivity index (χ1n) is 8.23. The van der Waals surface area contributed by atoms with Crippen LogP contribution in [0.3, 0.4) is 0 Å². The maximum absolute atomic E-state index is 12.7. The van der Waals surface area contributed by atoms with Gasteiger partial charge in [-0.15, -0.1) is 0 Å². The molecule has 0 aromatic heterocycles. The highest BCUT2D eigenvalue weighted by Crippen LogP contribution is 2.27. The van der Waals surface area contributed by atoms with Gasteiger partial charge in [0.25, 0.3) is 11.8 Å². The van der Waals surface area contributed by atoms with Crippen LogP contribution in [0.4, 0.5) is 0 Å². The minimum Gasteiger partial charge on any atom is -0.468 e. The average molecular weight is 361 g/mol. The van der Waals surface area contributed by atoms with Crippen molar-refractivity contribution in [2.45, 2.75) is 24.9 Å². The van der Waals surface area contributed by atoms with Gasteiger partial charge in [-0.25, -0.2) is 0 Å². The molecule has 0 aliphatic carbocycles. The highest BCUT2D eigenvalue weighted by molar-refractivity contribution is 6.11. The van der Waals surface area contributed by atoms with E-state index in [4.69, 9.17) is 0 Å². The fourth-order valence-corrected chi connectivity index (χ4v) is 3.19. The molecule has 1 heterocycles. The van der Waals surface area contributed by atoms with Gasteiger partial charge in [0, 0.05) is 13.6 Å². The first-order chi connectivity index (χ1) is 12.3. The number of likely N-dealkylation sites (N-methyl/N-ethyl adjacent to an activating group) is 1. The smallest absolute Gasteiger partial charge is 0.325 e. The standard InChI is InChI=1S/C18H23N3O5/c1-18(16(24)19-10-15(23)26-3)17(25)20(2)11-14(21(18)12-22)9-13-7-5-4-6-8-13/h4-8,12,14H,9-11H2,1-3H3,(H,19,24)/t14-,18-/m0/s1. The summed E-state index contributed by atoms with van der Waals surface area (Å²) in [6, 6.07) is 9.15. The van der Waals surface area contributed by atoms with E-state index in [1.165, 1.54) is 23.8 Å². The van der Waals surface area contributed by atoms with E-state index in [0.29, 0.717) is 19.4 Å². The minimum absolute atomic E-state index is 0.312. The van der Waals surface area contributed by atoms with Gasteiger partial charge >= 0.3 is 5.97 Å². The Kier molecular flexibility index (Phi) is 5.97. The van der Waals surface area contributed by atoms with Crippen LogP contribution in [0.25, 0.3) is 0 Å². The van der Waals surface area contributed by atoms with E-state index >= 15 is 0 Å². The summed E-state index contributed by atoms with van der Waals surface area (Å²) in [5, 5.41) is 2.38. The Hall–Kier alpha value is -2.90. The van der Waals surface area contributed by atoms with Gasteiger partial charge in [-0.1, -0.05) is 30.3 Å². The summed E-state index contributed by atoms with van der Waals surface area (Å²) < 4.78 is 4.49. The van der Waals surface area contributed by atoms with Gasteiger partial charge < -0.3 is 19.9 Å². The molecule has 1 N–H and O–H groups in total. The predicted molar refractivity (Wildman–Crippen MR) is 92.9 cm³/mol. The SMILES string of the molecule is COC(=O)CNC(=O)[C@@]1(C)C(=O)N(C)C[C@H](Cc2ccccc2)N1C=O. The number of ether oxygens (including phenoxy) is 1. The first kappa shape index (κ1) is 19.4. The third-order valence-corrected chi connectivity index (χ3v) is 4.65. The third kappa shape index (κ3) is 3.68. The molecule has 0 bridgehead atoms. The molecule has 1 aromatic rings. The first-order valence-corrected chi connectivity index (χ1v) is 8.23. The van der Waals surface area contributed by atoms with Gasteiger partial charge in [0.2, 0.25) is 6.41 Å². The van der Waals surface area contributed by atoms with Crippen LogP contribution in [0, 0.1) is 0 Å². The molecule has 0 spiro atoms. The fraction of sp³-hybridized carbons (Fsp3) is 0.444. The topological polar surface area (TPSA) is 96.0 Å². The highest BCUT2D eigenvalue weighted by atomic mass is 16.5. The Morgan fingerprint density at radius 1 is 1.35 bits per heavy atom. The van der Waals surface area contributed by atoms with Crippen molar-refractivity contribution in [2.75, 3.05) is 27.2 Å². The average Bonchev–Trinajstić information content (AvgIpc) is 2.65. The number of hydrogen-bond donors (Lipinski definition) is 1. The lowest BCUT2D eigenvalue weighted by Gasteiger charge is -2.48. The van der Waals surface area contributed by atoms with Gasteiger partial charge in [-0.3, -0.25) is 19.2 Å². The number of carbonyl (C=O) groups excluding carboxylic acids is 4. The molecule has 2 atom stereocenters. The molecule has 1 aromatic carbocycles. The van der Waals surface area contributed by atoms with Gasteiger partial charge in [0.15, 0.2) is 5.54 Å².